The van der Waals surface area contributed by atoms with Gasteiger partial charge >= 0.3 is 12.1 Å². The summed E-state index contributed by atoms with van der Waals surface area (Å²) >= 11 is 6.21. The lowest BCUT2D eigenvalue weighted by Crippen LogP contribution is -2.42. The van der Waals surface area contributed by atoms with Crippen molar-refractivity contribution in [3.63, 3.8) is 0 Å². The number of hydrogen-bond donors (Lipinski definition) is 2. The van der Waals surface area contributed by atoms with Crippen LogP contribution >= 0.6 is 11.6 Å². The number of aryl methyl sites for hydroxylation is 2. The maximum absolute atomic E-state index is 12.6. The molecule has 2 N–H and O–H groups in total. The number of aliphatic carboxylic acids is 1. The van der Waals surface area contributed by atoms with E-state index in [0.717, 1.165) is 33.4 Å². The Bertz CT molecular complexity index is 1460. The molecule has 1 heterocycles. The van der Waals surface area contributed by atoms with E-state index in [1.54, 1.807) is 12.1 Å². The van der Waals surface area contributed by atoms with Crippen molar-refractivity contribution >= 4 is 23.7 Å². The van der Waals surface area contributed by atoms with Gasteiger partial charge < -0.3 is 24.3 Å². The minimum Gasteiger partial charge on any atom is -0.486 e. The molecule has 1 unspecified atom stereocenters. The first kappa shape index (κ1) is 26.4. The molecule has 0 saturated heterocycles. The number of nitrogens with one attached hydrogen (secondary N) is 1. The SMILES string of the molecule is Cc1cc(OCc2ccc(CC(NC(=O)OCC3c4ccccc4-c4ccccc43)C(=O)O)o2)cc(C)c1Cl. The molecule has 0 bridgehead atoms. The molecule has 0 spiro atoms. The van der Waals surface area contributed by atoms with E-state index in [1.165, 1.54) is 0 Å². The average molecular weight is 546 g/mol. The summed E-state index contributed by atoms with van der Waals surface area (Å²) in [5, 5.41) is 12.9. The Kier molecular flexibility index (Phi) is 7.61. The zero-order chi connectivity index (χ0) is 27.5. The molecule has 0 saturated carbocycles. The number of carbonyl (C=O) groups is 2. The van der Waals surface area contributed by atoms with Gasteiger partial charge in [0, 0.05) is 17.4 Å². The minimum absolute atomic E-state index is 0.0430. The molecule has 200 valence electrons. The van der Waals surface area contributed by atoms with Crippen LogP contribution in [0, 0.1) is 13.8 Å². The van der Waals surface area contributed by atoms with Crippen molar-refractivity contribution in [1.82, 2.24) is 5.32 Å². The highest BCUT2D eigenvalue weighted by atomic mass is 35.5. The molecular formula is C31H28ClNO6. The lowest BCUT2D eigenvalue weighted by Gasteiger charge is -2.17. The van der Waals surface area contributed by atoms with Gasteiger partial charge in [0.2, 0.25) is 0 Å². The molecule has 1 aliphatic rings. The van der Waals surface area contributed by atoms with Gasteiger partial charge in [-0.3, -0.25) is 0 Å². The lowest BCUT2D eigenvalue weighted by atomic mass is 9.98. The first-order valence-corrected chi connectivity index (χ1v) is 13.0. The number of furan rings is 1. The molecular weight excluding hydrogens is 518 g/mol. The minimum atomic E-state index is -1.22. The zero-order valence-electron chi connectivity index (χ0n) is 21.6. The van der Waals surface area contributed by atoms with Gasteiger partial charge in [0.15, 0.2) is 0 Å². The largest absolute Gasteiger partial charge is 0.486 e. The summed E-state index contributed by atoms with van der Waals surface area (Å²) in [6, 6.07) is 21.9. The second kappa shape index (κ2) is 11.3. The van der Waals surface area contributed by atoms with E-state index in [9.17, 15) is 14.7 Å². The van der Waals surface area contributed by atoms with Crippen molar-refractivity contribution in [3.8, 4) is 16.9 Å². The first-order chi connectivity index (χ1) is 18.8. The van der Waals surface area contributed by atoms with Crippen LogP contribution in [0.15, 0.2) is 77.2 Å². The van der Waals surface area contributed by atoms with Crippen LogP contribution in [0.25, 0.3) is 11.1 Å². The van der Waals surface area contributed by atoms with Crippen molar-refractivity contribution in [3.05, 3.63) is 112 Å². The number of carboxylic acids is 1. The fourth-order valence-electron chi connectivity index (χ4n) is 4.94. The molecule has 1 atom stereocenters. The third-order valence-electron chi connectivity index (χ3n) is 6.85. The van der Waals surface area contributed by atoms with Gasteiger partial charge in [0.05, 0.1) is 0 Å². The monoisotopic (exact) mass is 545 g/mol. The Labute approximate surface area is 231 Å². The summed E-state index contributed by atoms with van der Waals surface area (Å²) in [5.41, 5.74) is 6.21. The molecule has 8 heteroatoms. The number of benzene rings is 3. The van der Waals surface area contributed by atoms with Gasteiger partial charge in [-0.25, -0.2) is 9.59 Å². The summed E-state index contributed by atoms with van der Waals surface area (Å²) in [6.45, 7) is 4.07. The molecule has 1 aliphatic carbocycles. The molecule has 7 nitrogen and oxygen atoms in total. The number of carboxylic acid groups (broad SMARTS) is 1. The Morgan fingerprint density at radius 3 is 2.15 bits per heavy atom. The zero-order valence-corrected chi connectivity index (χ0v) is 22.3. The molecule has 4 aromatic rings. The van der Waals surface area contributed by atoms with Crippen molar-refractivity contribution in [1.29, 1.82) is 0 Å². The second-order valence-corrected chi connectivity index (χ2v) is 9.97. The van der Waals surface area contributed by atoms with Crippen LogP contribution in [0.3, 0.4) is 0 Å². The number of ether oxygens (including phenoxy) is 2. The van der Waals surface area contributed by atoms with Gasteiger partial charge in [0.1, 0.15) is 36.5 Å². The van der Waals surface area contributed by atoms with Crippen LogP contribution in [0.4, 0.5) is 4.79 Å². The number of carbonyl (C=O) groups excluding carboxylic acids is 1. The van der Waals surface area contributed by atoms with Crippen molar-refractivity contribution in [2.75, 3.05) is 6.61 Å². The van der Waals surface area contributed by atoms with Crippen molar-refractivity contribution < 1.29 is 28.6 Å². The number of halogens is 1. The molecule has 3 aromatic carbocycles. The normalized spacial score (nSPS) is 12.9. The number of amides is 1. The molecule has 0 radical (unpaired) electrons. The van der Waals surface area contributed by atoms with Gasteiger partial charge in [-0.15, -0.1) is 0 Å². The number of fused-ring (bicyclic) bond motifs is 3. The van der Waals surface area contributed by atoms with Crippen molar-refractivity contribution in [2.45, 2.75) is 38.8 Å². The number of hydrogen-bond acceptors (Lipinski definition) is 5. The smallest absolute Gasteiger partial charge is 0.407 e. The van der Waals surface area contributed by atoms with E-state index >= 15 is 0 Å². The Morgan fingerprint density at radius 2 is 1.54 bits per heavy atom. The summed E-state index contributed by atoms with van der Waals surface area (Å²) in [6.07, 6.45) is -0.841. The van der Waals surface area contributed by atoms with E-state index < -0.39 is 18.1 Å². The highest BCUT2D eigenvalue weighted by molar-refractivity contribution is 6.32. The van der Waals surface area contributed by atoms with Crippen molar-refractivity contribution in [2.24, 2.45) is 0 Å². The topological polar surface area (TPSA) is 98.0 Å². The van der Waals surface area contributed by atoms with Crippen LogP contribution < -0.4 is 10.1 Å². The third kappa shape index (κ3) is 5.78. The maximum atomic E-state index is 12.6. The first-order valence-electron chi connectivity index (χ1n) is 12.6. The highest BCUT2D eigenvalue weighted by Gasteiger charge is 2.30. The number of rotatable bonds is 9. The van der Waals surface area contributed by atoms with E-state index in [1.807, 2.05) is 62.4 Å². The van der Waals surface area contributed by atoms with Gasteiger partial charge in [-0.05, 0) is 71.5 Å². The molecule has 0 aliphatic heterocycles. The summed E-state index contributed by atoms with van der Waals surface area (Å²) < 4.78 is 17.1. The Hall–Kier alpha value is -4.23. The Morgan fingerprint density at radius 1 is 0.949 bits per heavy atom. The van der Waals surface area contributed by atoms with Crippen LogP contribution in [0.5, 0.6) is 5.75 Å². The van der Waals surface area contributed by atoms with Gasteiger partial charge in [-0.1, -0.05) is 60.1 Å². The fourth-order valence-corrected chi connectivity index (χ4v) is 5.05. The highest BCUT2D eigenvalue weighted by Crippen LogP contribution is 2.44. The lowest BCUT2D eigenvalue weighted by molar-refractivity contribution is -0.139. The van der Waals surface area contributed by atoms with E-state index in [4.69, 9.17) is 25.5 Å². The standard InChI is InChI=1S/C31H28ClNO6/c1-18-13-22(14-19(2)29(18)32)37-16-21-12-11-20(39-21)15-28(30(34)35)33-31(36)38-17-27-25-9-5-3-7-23(25)24-8-4-6-10-26(24)27/h3-14,27-28H,15-17H2,1-2H3,(H,33,36)(H,34,35). The van der Waals surface area contributed by atoms with Crippen LogP contribution in [0.1, 0.15) is 39.7 Å². The second-order valence-electron chi connectivity index (χ2n) is 9.59. The van der Waals surface area contributed by atoms with Crippen LogP contribution in [-0.2, 0) is 22.6 Å². The predicted octanol–water partition coefficient (Wildman–Crippen LogP) is 6.66. The number of alkyl carbamates (subject to hydrolysis) is 1. The fraction of sp³-hybridized carbons (Fsp3) is 0.226. The van der Waals surface area contributed by atoms with E-state index in [2.05, 4.69) is 17.4 Å². The van der Waals surface area contributed by atoms with Gasteiger partial charge in [-0.2, -0.15) is 0 Å². The molecule has 0 fully saturated rings. The third-order valence-corrected chi connectivity index (χ3v) is 7.44. The van der Waals surface area contributed by atoms with Crippen LogP contribution in [0.2, 0.25) is 5.02 Å². The molecule has 39 heavy (non-hydrogen) atoms. The van der Waals surface area contributed by atoms with Crippen LogP contribution in [-0.4, -0.2) is 29.8 Å². The van der Waals surface area contributed by atoms with E-state index in [-0.39, 0.29) is 25.6 Å². The summed E-state index contributed by atoms with van der Waals surface area (Å²) in [4.78, 5) is 24.5. The predicted molar refractivity (Wildman–Crippen MR) is 147 cm³/mol. The van der Waals surface area contributed by atoms with E-state index in [0.29, 0.717) is 22.3 Å². The molecule has 1 amide bonds. The summed E-state index contributed by atoms with van der Waals surface area (Å²) in [7, 11) is 0. The Balaban J connectivity index is 1.17. The summed E-state index contributed by atoms with van der Waals surface area (Å²) in [5.74, 6) is 0.286. The average Bonchev–Trinajstić information content (AvgIpc) is 3.51. The quantitative estimate of drug-likeness (QED) is 0.244. The van der Waals surface area contributed by atoms with Gasteiger partial charge in [0.25, 0.3) is 0 Å². The molecule has 5 rings (SSSR count). The molecule has 1 aromatic heterocycles. The maximum Gasteiger partial charge on any atom is 0.407 e.